The Hall–Kier alpha value is -2.03. The first kappa shape index (κ1) is 20.3. The third kappa shape index (κ3) is 5.74. The van der Waals surface area contributed by atoms with E-state index in [9.17, 15) is 0 Å². The van der Waals surface area contributed by atoms with E-state index in [4.69, 9.17) is 18.7 Å². The third-order valence-electron chi connectivity index (χ3n) is 5.64. The highest BCUT2D eigenvalue weighted by Gasteiger charge is 2.23. The van der Waals surface area contributed by atoms with Gasteiger partial charge in [-0.25, -0.2) is 4.98 Å². The third-order valence-corrected chi connectivity index (χ3v) is 5.64. The Morgan fingerprint density at radius 3 is 2.72 bits per heavy atom. The molecular formula is C21H30N4O4. The molecule has 0 aliphatic carbocycles. The monoisotopic (exact) mass is 402 g/mol. The van der Waals surface area contributed by atoms with Crippen molar-refractivity contribution in [2.45, 2.75) is 50.7 Å². The molecule has 2 saturated heterocycles. The zero-order chi connectivity index (χ0) is 19.9. The average Bonchev–Trinajstić information content (AvgIpc) is 3.25. The number of methoxy groups -OCH3 is 1. The molecule has 2 aromatic rings. The number of hydrogen-bond donors (Lipinski definition) is 0. The van der Waals surface area contributed by atoms with Gasteiger partial charge < -0.3 is 18.7 Å². The van der Waals surface area contributed by atoms with Crippen LogP contribution in [0.5, 0.6) is 5.88 Å². The van der Waals surface area contributed by atoms with Crippen LogP contribution < -0.4 is 4.74 Å². The van der Waals surface area contributed by atoms with Gasteiger partial charge in [0.05, 0.1) is 25.5 Å². The highest BCUT2D eigenvalue weighted by atomic mass is 16.5. The quantitative estimate of drug-likeness (QED) is 0.666. The minimum Gasteiger partial charge on any atom is -0.481 e. The summed E-state index contributed by atoms with van der Waals surface area (Å²) in [5.41, 5.74) is 1.04. The van der Waals surface area contributed by atoms with E-state index in [0.29, 0.717) is 30.9 Å². The van der Waals surface area contributed by atoms with Gasteiger partial charge in [0.1, 0.15) is 0 Å². The molecule has 0 bridgehead atoms. The Kier molecular flexibility index (Phi) is 7.08. The summed E-state index contributed by atoms with van der Waals surface area (Å²) in [5.74, 6) is 2.51. The van der Waals surface area contributed by atoms with Crippen LogP contribution in [0.2, 0.25) is 0 Å². The summed E-state index contributed by atoms with van der Waals surface area (Å²) < 4.78 is 22.1. The maximum atomic E-state index is 6.07. The molecular weight excluding hydrogens is 372 g/mol. The van der Waals surface area contributed by atoms with Crippen LogP contribution in [0.15, 0.2) is 22.7 Å². The molecule has 2 aromatic heterocycles. The molecule has 2 aliphatic rings. The van der Waals surface area contributed by atoms with Gasteiger partial charge in [-0.1, -0.05) is 11.2 Å². The Morgan fingerprint density at radius 2 is 1.93 bits per heavy atom. The molecule has 4 heterocycles. The molecule has 0 amide bonds. The summed E-state index contributed by atoms with van der Waals surface area (Å²) in [4.78, 5) is 11.5. The molecule has 2 aliphatic heterocycles. The summed E-state index contributed by atoms with van der Waals surface area (Å²) in [6.45, 7) is 5.06. The molecule has 0 spiro atoms. The first-order valence-electron chi connectivity index (χ1n) is 10.5. The van der Waals surface area contributed by atoms with Crippen molar-refractivity contribution in [2.24, 2.45) is 0 Å². The molecule has 8 heteroatoms. The van der Waals surface area contributed by atoms with Crippen molar-refractivity contribution in [2.75, 3.05) is 40.0 Å². The van der Waals surface area contributed by atoms with Crippen LogP contribution in [0.1, 0.15) is 49.0 Å². The van der Waals surface area contributed by atoms with Crippen molar-refractivity contribution < 1.29 is 18.7 Å². The summed E-state index contributed by atoms with van der Waals surface area (Å²) >= 11 is 0. The number of pyridine rings is 1. The number of rotatable bonds is 8. The van der Waals surface area contributed by atoms with E-state index in [1.807, 2.05) is 18.2 Å². The molecule has 158 valence electrons. The van der Waals surface area contributed by atoms with Gasteiger partial charge in [-0.15, -0.1) is 0 Å². The van der Waals surface area contributed by atoms with Crippen LogP contribution in [0.25, 0.3) is 0 Å². The van der Waals surface area contributed by atoms with Gasteiger partial charge in [0.25, 0.3) is 0 Å². The van der Waals surface area contributed by atoms with Crippen molar-refractivity contribution in [1.29, 1.82) is 0 Å². The minimum absolute atomic E-state index is 0.298. The van der Waals surface area contributed by atoms with Gasteiger partial charge in [0.15, 0.2) is 5.82 Å². The summed E-state index contributed by atoms with van der Waals surface area (Å²) in [6.07, 6.45) is 4.98. The van der Waals surface area contributed by atoms with Gasteiger partial charge in [-0.2, -0.15) is 4.98 Å². The smallest absolute Gasteiger partial charge is 0.229 e. The Morgan fingerprint density at radius 1 is 1.10 bits per heavy atom. The van der Waals surface area contributed by atoms with E-state index in [1.54, 1.807) is 7.11 Å². The zero-order valence-electron chi connectivity index (χ0n) is 17.1. The lowest BCUT2D eigenvalue weighted by molar-refractivity contribution is 0.00650. The van der Waals surface area contributed by atoms with Crippen LogP contribution in [0.3, 0.4) is 0 Å². The standard InChI is InChI=1S/C21H30N4O4/c1-26-20-4-2-3-17(22-20)15-25-10-5-18(6-11-25)28-14-9-19-23-21(29-24-19)16-7-12-27-13-8-16/h2-4,16,18H,5-15H2,1H3. The zero-order valence-corrected chi connectivity index (χ0v) is 17.1. The van der Waals surface area contributed by atoms with Crippen molar-refractivity contribution in [1.82, 2.24) is 20.0 Å². The second kappa shape index (κ2) is 10.1. The maximum absolute atomic E-state index is 6.07. The molecule has 0 saturated carbocycles. The van der Waals surface area contributed by atoms with Crippen LogP contribution in [-0.4, -0.2) is 66.1 Å². The lowest BCUT2D eigenvalue weighted by Gasteiger charge is -2.31. The van der Waals surface area contributed by atoms with E-state index < -0.39 is 0 Å². The first-order chi connectivity index (χ1) is 14.3. The molecule has 0 aromatic carbocycles. The number of ether oxygens (including phenoxy) is 3. The SMILES string of the molecule is COc1cccc(CN2CCC(OCCc3noc(C4CCOCC4)n3)CC2)n1. The van der Waals surface area contributed by atoms with Crippen LogP contribution in [0, 0.1) is 0 Å². The lowest BCUT2D eigenvalue weighted by Crippen LogP contribution is -2.37. The number of hydrogen-bond acceptors (Lipinski definition) is 8. The minimum atomic E-state index is 0.298. The number of nitrogens with zero attached hydrogens (tertiary/aromatic N) is 4. The Labute approximate surface area is 171 Å². The normalized spacial score (nSPS) is 19.5. The van der Waals surface area contributed by atoms with Gasteiger partial charge in [0.2, 0.25) is 11.8 Å². The van der Waals surface area contributed by atoms with E-state index >= 15 is 0 Å². The largest absolute Gasteiger partial charge is 0.481 e. The molecule has 0 radical (unpaired) electrons. The molecule has 29 heavy (non-hydrogen) atoms. The van der Waals surface area contributed by atoms with Crippen LogP contribution >= 0.6 is 0 Å². The lowest BCUT2D eigenvalue weighted by atomic mass is 10.0. The molecule has 4 rings (SSSR count). The molecule has 0 atom stereocenters. The van der Waals surface area contributed by atoms with Crippen LogP contribution in [-0.2, 0) is 22.4 Å². The van der Waals surface area contributed by atoms with Crippen molar-refractivity contribution in [3.63, 3.8) is 0 Å². The van der Waals surface area contributed by atoms with Gasteiger partial charge >= 0.3 is 0 Å². The van der Waals surface area contributed by atoms with Crippen molar-refractivity contribution in [3.05, 3.63) is 35.6 Å². The average molecular weight is 402 g/mol. The van der Waals surface area contributed by atoms with E-state index in [2.05, 4.69) is 20.0 Å². The Balaban J connectivity index is 1.15. The maximum Gasteiger partial charge on any atom is 0.229 e. The van der Waals surface area contributed by atoms with Crippen molar-refractivity contribution in [3.8, 4) is 5.88 Å². The fourth-order valence-corrected chi connectivity index (χ4v) is 3.92. The summed E-state index contributed by atoms with van der Waals surface area (Å²) in [6, 6.07) is 5.91. The Bertz CT molecular complexity index is 755. The predicted molar refractivity (Wildman–Crippen MR) is 106 cm³/mol. The first-order valence-corrected chi connectivity index (χ1v) is 10.5. The second-order valence-electron chi connectivity index (χ2n) is 7.70. The topological polar surface area (TPSA) is 82.7 Å². The second-order valence-corrected chi connectivity index (χ2v) is 7.70. The predicted octanol–water partition coefficient (Wildman–Crippen LogP) is 2.59. The molecule has 0 N–H and O–H groups in total. The van der Waals surface area contributed by atoms with E-state index in [-0.39, 0.29) is 0 Å². The summed E-state index contributed by atoms with van der Waals surface area (Å²) in [5, 5.41) is 4.11. The van der Waals surface area contributed by atoms with Gasteiger partial charge in [-0.05, 0) is 31.7 Å². The molecule has 2 fully saturated rings. The number of likely N-dealkylation sites (tertiary alicyclic amines) is 1. The molecule has 8 nitrogen and oxygen atoms in total. The van der Waals surface area contributed by atoms with E-state index in [0.717, 1.165) is 75.9 Å². The summed E-state index contributed by atoms with van der Waals surface area (Å²) in [7, 11) is 1.65. The fraction of sp³-hybridized carbons (Fsp3) is 0.667. The number of aromatic nitrogens is 3. The van der Waals surface area contributed by atoms with Gasteiger partial charge in [-0.3, -0.25) is 4.90 Å². The fourth-order valence-electron chi connectivity index (χ4n) is 3.92. The van der Waals surface area contributed by atoms with Crippen molar-refractivity contribution >= 4 is 0 Å². The van der Waals surface area contributed by atoms with E-state index in [1.165, 1.54) is 0 Å². The molecule has 0 unspecified atom stereocenters. The van der Waals surface area contributed by atoms with Crippen LogP contribution in [0.4, 0.5) is 0 Å². The number of piperidine rings is 1. The van der Waals surface area contributed by atoms with Gasteiger partial charge in [0, 0.05) is 51.3 Å². The highest BCUT2D eigenvalue weighted by Crippen LogP contribution is 2.25. The highest BCUT2D eigenvalue weighted by molar-refractivity contribution is 5.15.